The van der Waals surface area contributed by atoms with Crippen molar-refractivity contribution in [3.63, 3.8) is 0 Å². The maximum absolute atomic E-state index is 13.1. The molecule has 1 atom stereocenters. The van der Waals surface area contributed by atoms with Crippen LogP contribution in [-0.2, 0) is 14.3 Å². The predicted octanol–water partition coefficient (Wildman–Crippen LogP) is 3.64. The number of halogens is 2. The lowest BCUT2D eigenvalue weighted by atomic mass is 9.97. The van der Waals surface area contributed by atoms with Crippen LogP contribution in [0.5, 0.6) is 0 Å². The molecule has 0 aliphatic heterocycles. The summed E-state index contributed by atoms with van der Waals surface area (Å²) in [6.45, 7) is 1.31. The molecular weight excluding hydrogens is 316 g/mol. The summed E-state index contributed by atoms with van der Waals surface area (Å²) in [5.74, 6) is -3.28. The first-order valence-electron chi connectivity index (χ1n) is 7.47. The van der Waals surface area contributed by atoms with Crippen molar-refractivity contribution in [1.29, 1.82) is 0 Å². The first-order chi connectivity index (χ1) is 11.5. The van der Waals surface area contributed by atoms with Gasteiger partial charge in [-0.2, -0.15) is 0 Å². The zero-order chi connectivity index (χ0) is 17.5. The Morgan fingerprint density at radius 2 is 1.71 bits per heavy atom. The molecule has 0 saturated carbocycles. The van der Waals surface area contributed by atoms with Gasteiger partial charge in [0, 0.05) is 11.8 Å². The molecule has 0 bridgehead atoms. The standard InChI is InChI=1S/C18H17F2NO3/c1-2-16(12-6-4-3-5-7-12)18(23)24-11-17(22)21-15-9-13(19)8-14(20)10-15/h3-10,16H,2,11H2,1H3,(H,21,22). The summed E-state index contributed by atoms with van der Waals surface area (Å²) in [6.07, 6.45) is 0.527. The van der Waals surface area contributed by atoms with E-state index < -0.39 is 36.0 Å². The highest BCUT2D eigenvalue weighted by Crippen LogP contribution is 2.20. The van der Waals surface area contributed by atoms with E-state index in [1.807, 2.05) is 37.3 Å². The van der Waals surface area contributed by atoms with E-state index in [9.17, 15) is 18.4 Å². The average Bonchev–Trinajstić information content (AvgIpc) is 2.53. The van der Waals surface area contributed by atoms with Crippen molar-refractivity contribution < 1.29 is 23.1 Å². The van der Waals surface area contributed by atoms with Crippen LogP contribution < -0.4 is 5.32 Å². The zero-order valence-corrected chi connectivity index (χ0v) is 13.1. The Hall–Kier alpha value is -2.76. The van der Waals surface area contributed by atoms with Gasteiger partial charge in [0.25, 0.3) is 5.91 Å². The van der Waals surface area contributed by atoms with Gasteiger partial charge in [-0.1, -0.05) is 37.3 Å². The van der Waals surface area contributed by atoms with E-state index in [1.54, 1.807) is 0 Å². The van der Waals surface area contributed by atoms with Crippen LogP contribution in [0.15, 0.2) is 48.5 Å². The van der Waals surface area contributed by atoms with Gasteiger partial charge in [-0.25, -0.2) is 8.78 Å². The normalized spacial score (nSPS) is 11.6. The quantitative estimate of drug-likeness (QED) is 0.821. The van der Waals surface area contributed by atoms with Gasteiger partial charge < -0.3 is 10.1 Å². The highest BCUT2D eigenvalue weighted by atomic mass is 19.1. The maximum atomic E-state index is 13.1. The van der Waals surface area contributed by atoms with Crippen molar-refractivity contribution in [2.45, 2.75) is 19.3 Å². The van der Waals surface area contributed by atoms with Gasteiger partial charge in [-0.15, -0.1) is 0 Å². The average molecular weight is 333 g/mol. The fraction of sp³-hybridized carbons (Fsp3) is 0.222. The lowest BCUT2D eigenvalue weighted by Crippen LogP contribution is -2.24. The molecule has 1 N–H and O–H groups in total. The van der Waals surface area contributed by atoms with Gasteiger partial charge in [0.15, 0.2) is 6.61 Å². The Morgan fingerprint density at radius 3 is 2.29 bits per heavy atom. The molecule has 1 amide bonds. The second-order valence-corrected chi connectivity index (χ2v) is 5.19. The van der Waals surface area contributed by atoms with Crippen molar-refractivity contribution in [2.24, 2.45) is 0 Å². The second kappa shape index (κ2) is 8.19. The van der Waals surface area contributed by atoms with Gasteiger partial charge in [-0.05, 0) is 24.1 Å². The molecule has 0 aliphatic carbocycles. The fourth-order valence-electron chi connectivity index (χ4n) is 2.28. The molecule has 4 nitrogen and oxygen atoms in total. The maximum Gasteiger partial charge on any atom is 0.313 e. The van der Waals surface area contributed by atoms with Crippen LogP contribution in [0.3, 0.4) is 0 Å². The van der Waals surface area contributed by atoms with Gasteiger partial charge in [0.2, 0.25) is 0 Å². The van der Waals surface area contributed by atoms with E-state index in [4.69, 9.17) is 4.74 Å². The van der Waals surface area contributed by atoms with Crippen LogP contribution in [0, 0.1) is 11.6 Å². The van der Waals surface area contributed by atoms with Gasteiger partial charge >= 0.3 is 5.97 Å². The van der Waals surface area contributed by atoms with Crippen molar-refractivity contribution in [1.82, 2.24) is 0 Å². The summed E-state index contributed by atoms with van der Waals surface area (Å²) in [5, 5.41) is 2.28. The number of carbonyl (C=O) groups is 2. The van der Waals surface area contributed by atoms with E-state index in [1.165, 1.54) is 0 Å². The molecule has 0 aliphatic rings. The Kier molecular flexibility index (Phi) is 6.01. The minimum Gasteiger partial charge on any atom is -0.455 e. The minimum absolute atomic E-state index is 0.0383. The van der Waals surface area contributed by atoms with Crippen LogP contribution in [0.1, 0.15) is 24.8 Å². The summed E-state index contributed by atoms with van der Waals surface area (Å²) in [7, 11) is 0. The van der Waals surface area contributed by atoms with Crippen molar-refractivity contribution >= 4 is 17.6 Å². The predicted molar refractivity (Wildman–Crippen MR) is 85.4 cm³/mol. The highest BCUT2D eigenvalue weighted by molar-refractivity contribution is 5.93. The summed E-state index contributed by atoms with van der Waals surface area (Å²) in [5.41, 5.74) is 0.765. The summed E-state index contributed by atoms with van der Waals surface area (Å²) < 4.78 is 31.1. The van der Waals surface area contributed by atoms with Crippen molar-refractivity contribution in [3.8, 4) is 0 Å². The molecule has 0 aromatic heterocycles. The monoisotopic (exact) mass is 333 g/mol. The lowest BCUT2D eigenvalue weighted by Gasteiger charge is -2.14. The topological polar surface area (TPSA) is 55.4 Å². The van der Waals surface area contributed by atoms with Crippen LogP contribution in [0.2, 0.25) is 0 Å². The molecule has 126 valence electrons. The molecule has 24 heavy (non-hydrogen) atoms. The third-order valence-electron chi connectivity index (χ3n) is 3.39. The summed E-state index contributed by atoms with van der Waals surface area (Å²) in [4.78, 5) is 23.9. The summed E-state index contributed by atoms with van der Waals surface area (Å²) >= 11 is 0. The third-order valence-corrected chi connectivity index (χ3v) is 3.39. The number of amides is 1. The summed E-state index contributed by atoms with van der Waals surface area (Å²) in [6, 6.07) is 11.7. The molecule has 0 spiro atoms. The van der Waals surface area contributed by atoms with Crippen LogP contribution in [0.4, 0.5) is 14.5 Å². The smallest absolute Gasteiger partial charge is 0.313 e. The lowest BCUT2D eigenvalue weighted by molar-refractivity contribution is -0.149. The number of anilines is 1. The number of benzene rings is 2. The number of esters is 1. The minimum atomic E-state index is -0.808. The van der Waals surface area contributed by atoms with Crippen LogP contribution in [0.25, 0.3) is 0 Å². The number of ether oxygens (including phenoxy) is 1. The van der Waals surface area contributed by atoms with Crippen LogP contribution in [-0.4, -0.2) is 18.5 Å². The highest BCUT2D eigenvalue weighted by Gasteiger charge is 2.21. The third kappa shape index (κ3) is 4.87. The van der Waals surface area contributed by atoms with Crippen molar-refractivity contribution in [2.75, 3.05) is 11.9 Å². The Labute approximate surface area is 138 Å². The molecule has 0 radical (unpaired) electrons. The molecule has 6 heteroatoms. The first kappa shape index (κ1) is 17.6. The van der Waals surface area contributed by atoms with E-state index in [2.05, 4.69) is 5.32 Å². The molecule has 0 heterocycles. The molecule has 2 rings (SSSR count). The number of hydrogen-bond donors (Lipinski definition) is 1. The molecule has 0 fully saturated rings. The van der Waals surface area contributed by atoms with E-state index >= 15 is 0 Å². The second-order valence-electron chi connectivity index (χ2n) is 5.19. The van der Waals surface area contributed by atoms with E-state index in [-0.39, 0.29) is 5.69 Å². The van der Waals surface area contributed by atoms with Gasteiger partial charge in [-0.3, -0.25) is 9.59 Å². The van der Waals surface area contributed by atoms with E-state index in [0.717, 1.165) is 17.7 Å². The number of rotatable bonds is 6. The number of carbonyl (C=O) groups excluding carboxylic acids is 2. The molecule has 0 saturated heterocycles. The van der Waals surface area contributed by atoms with E-state index in [0.29, 0.717) is 12.5 Å². The van der Waals surface area contributed by atoms with Gasteiger partial charge in [0.05, 0.1) is 5.92 Å². The first-order valence-corrected chi connectivity index (χ1v) is 7.47. The SMILES string of the molecule is CCC(C(=O)OCC(=O)Nc1cc(F)cc(F)c1)c1ccccc1. The van der Waals surface area contributed by atoms with Crippen LogP contribution >= 0.6 is 0 Å². The fourth-order valence-corrected chi connectivity index (χ4v) is 2.28. The van der Waals surface area contributed by atoms with Crippen molar-refractivity contribution in [3.05, 3.63) is 65.7 Å². The Balaban J connectivity index is 1.91. The number of hydrogen-bond acceptors (Lipinski definition) is 3. The molecular formula is C18H17F2NO3. The van der Waals surface area contributed by atoms with Gasteiger partial charge in [0.1, 0.15) is 11.6 Å². The molecule has 1 unspecified atom stereocenters. The number of nitrogens with one attached hydrogen (secondary N) is 1. The Morgan fingerprint density at radius 1 is 1.08 bits per heavy atom. The largest absolute Gasteiger partial charge is 0.455 e. The molecule has 2 aromatic rings. The zero-order valence-electron chi connectivity index (χ0n) is 13.1. The Bertz CT molecular complexity index is 699. The molecule has 2 aromatic carbocycles.